The van der Waals surface area contributed by atoms with E-state index >= 15 is 0 Å². The Kier molecular flexibility index (Phi) is 2.64. The molecule has 3 N–H and O–H groups in total. The first-order chi connectivity index (χ1) is 7.66. The zero-order valence-electron chi connectivity index (χ0n) is 8.96. The summed E-state index contributed by atoms with van der Waals surface area (Å²) in [6.45, 7) is 0. The van der Waals surface area contributed by atoms with Gasteiger partial charge in [-0.05, 0) is 36.4 Å². The van der Waals surface area contributed by atoms with Gasteiger partial charge in [-0.3, -0.25) is 0 Å². The van der Waals surface area contributed by atoms with Gasteiger partial charge in [0.15, 0.2) is 0 Å². The fourth-order valence-electron chi connectivity index (χ4n) is 1.42. The standard InChI is InChI=1S/C12H13N3O/c1-15(9-2-5-11(16)6-3-9)10-4-7-12(13)14-8-10/h2-8,16H,1H3,(H2,13,14). The molecule has 0 amide bonds. The summed E-state index contributed by atoms with van der Waals surface area (Å²) in [5.74, 6) is 0.760. The van der Waals surface area contributed by atoms with Crippen molar-refractivity contribution in [1.82, 2.24) is 4.98 Å². The van der Waals surface area contributed by atoms with Crippen molar-refractivity contribution in [3.63, 3.8) is 0 Å². The van der Waals surface area contributed by atoms with Crippen LogP contribution in [0.3, 0.4) is 0 Å². The summed E-state index contributed by atoms with van der Waals surface area (Å²) >= 11 is 0. The Morgan fingerprint density at radius 2 is 1.69 bits per heavy atom. The van der Waals surface area contributed by atoms with Crippen molar-refractivity contribution in [2.45, 2.75) is 0 Å². The average molecular weight is 215 g/mol. The zero-order chi connectivity index (χ0) is 11.5. The van der Waals surface area contributed by atoms with Crippen molar-refractivity contribution in [3.8, 4) is 5.75 Å². The lowest BCUT2D eigenvalue weighted by Gasteiger charge is -2.19. The predicted molar refractivity (Wildman–Crippen MR) is 64.8 cm³/mol. The molecule has 0 aliphatic rings. The summed E-state index contributed by atoms with van der Waals surface area (Å²) in [5, 5.41) is 9.20. The van der Waals surface area contributed by atoms with Gasteiger partial charge in [-0.15, -0.1) is 0 Å². The number of phenolic OH excluding ortho intramolecular Hbond substituents is 1. The Bertz CT molecular complexity index is 419. The molecule has 1 aromatic carbocycles. The molecule has 0 unspecified atom stereocenters. The molecular weight excluding hydrogens is 202 g/mol. The first kappa shape index (κ1) is 10.3. The molecule has 2 rings (SSSR count). The van der Waals surface area contributed by atoms with Crippen LogP contribution in [0.1, 0.15) is 0 Å². The highest BCUT2D eigenvalue weighted by molar-refractivity contribution is 5.62. The second kappa shape index (κ2) is 4.10. The molecule has 0 radical (unpaired) electrons. The largest absolute Gasteiger partial charge is 0.508 e. The molecule has 0 aliphatic heterocycles. The molecule has 0 saturated heterocycles. The lowest BCUT2D eigenvalue weighted by Crippen LogP contribution is -2.09. The van der Waals surface area contributed by atoms with E-state index in [1.165, 1.54) is 0 Å². The summed E-state index contributed by atoms with van der Waals surface area (Å²) in [5.41, 5.74) is 7.44. The van der Waals surface area contributed by atoms with Gasteiger partial charge in [0.05, 0.1) is 11.9 Å². The van der Waals surface area contributed by atoms with Crippen LogP contribution in [0.5, 0.6) is 5.75 Å². The quantitative estimate of drug-likeness (QED) is 0.805. The minimum atomic E-state index is 0.257. The molecule has 16 heavy (non-hydrogen) atoms. The Labute approximate surface area is 94.0 Å². The first-order valence-electron chi connectivity index (χ1n) is 4.91. The zero-order valence-corrected chi connectivity index (χ0v) is 8.96. The molecule has 0 spiro atoms. The van der Waals surface area contributed by atoms with Gasteiger partial charge in [-0.25, -0.2) is 4.98 Å². The number of anilines is 3. The third-order valence-corrected chi connectivity index (χ3v) is 2.40. The summed E-state index contributed by atoms with van der Waals surface area (Å²) < 4.78 is 0. The van der Waals surface area contributed by atoms with Crippen LogP contribution in [0, 0.1) is 0 Å². The molecule has 4 nitrogen and oxygen atoms in total. The molecule has 4 heteroatoms. The maximum absolute atomic E-state index is 9.20. The molecule has 1 aromatic heterocycles. The number of hydrogen-bond donors (Lipinski definition) is 2. The third-order valence-electron chi connectivity index (χ3n) is 2.40. The number of nitrogen functional groups attached to an aromatic ring is 1. The number of benzene rings is 1. The molecule has 0 fully saturated rings. The van der Waals surface area contributed by atoms with E-state index in [2.05, 4.69) is 4.98 Å². The van der Waals surface area contributed by atoms with E-state index in [1.54, 1.807) is 24.4 Å². The van der Waals surface area contributed by atoms with E-state index in [-0.39, 0.29) is 5.75 Å². The third kappa shape index (κ3) is 2.06. The van der Waals surface area contributed by atoms with E-state index in [9.17, 15) is 5.11 Å². The number of aromatic hydroxyl groups is 1. The fourth-order valence-corrected chi connectivity index (χ4v) is 1.42. The SMILES string of the molecule is CN(c1ccc(O)cc1)c1ccc(N)nc1. The van der Waals surface area contributed by atoms with Crippen LogP contribution in [0.4, 0.5) is 17.2 Å². The average Bonchev–Trinajstić information content (AvgIpc) is 2.30. The summed E-state index contributed by atoms with van der Waals surface area (Å²) in [6, 6.07) is 10.6. The maximum atomic E-state index is 9.20. The van der Waals surface area contributed by atoms with Crippen LogP contribution in [-0.4, -0.2) is 17.1 Å². The van der Waals surface area contributed by atoms with Crippen LogP contribution in [0.25, 0.3) is 0 Å². The van der Waals surface area contributed by atoms with E-state index in [1.807, 2.05) is 30.1 Å². The highest BCUT2D eigenvalue weighted by Gasteiger charge is 2.03. The van der Waals surface area contributed by atoms with Crippen molar-refractivity contribution in [3.05, 3.63) is 42.6 Å². The van der Waals surface area contributed by atoms with Crippen molar-refractivity contribution >= 4 is 17.2 Å². The molecule has 0 bridgehead atoms. The molecule has 82 valence electrons. The Morgan fingerprint density at radius 1 is 1.06 bits per heavy atom. The van der Waals surface area contributed by atoms with Crippen molar-refractivity contribution < 1.29 is 5.11 Å². The summed E-state index contributed by atoms with van der Waals surface area (Å²) in [6.07, 6.45) is 1.71. The highest BCUT2D eigenvalue weighted by Crippen LogP contribution is 2.24. The maximum Gasteiger partial charge on any atom is 0.123 e. The number of nitrogens with two attached hydrogens (primary N) is 1. The van der Waals surface area contributed by atoms with E-state index < -0.39 is 0 Å². The Balaban J connectivity index is 2.28. The molecule has 2 aromatic rings. The lowest BCUT2D eigenvalue weighted by atomic mass is 10.2. The van der Waals surface area contributed by atoms with Crippen LogP contribution < -0.4 is 10.6 Å². The number of nitrogens with zero attached hydrogens (tertiary/aromatic N) is 2. The number of rotatable bonds is 2. The molecule has 0 atom stereocenters. The molecular formula is C12H13N3O. The molecule has 0 saturated carbocycles. The molecule has 0 aliphatic carbocycles. The summed E-state index contributed by atoms with van der Waals surface area (Å²) in [7, 11) is 1.93. The van der Waals surface area contributed by atoms with Crippen LogP contribution >= 0.6 is 0 Å². The van der Waals surface area contributed by atoms with Crippen LogP contribution in [0.2, 0.25) is 0 Å². The number of aromatic nitrogens is 1. The smallest absolute Gasteiger partial charge is 0.123 e. The van der Waals surface area contributed by atoms with Crippen molar-refractivity contribution in [2.24, 2.45) is 0 Å². The van der Waals surface area contributed by atoms with Gasteiger partial charge in [-0.2, -0.15) is 0 Å². The van der Waals surface area contributed by atoms with Crippen molar-refractivity contribution in [1.29, 1.82) is 0 Å². The molecule has 1 heterocycles. The Morgan fingerprint density at radius 3 is 2.25 bits per heavy atom. The van der Waals surface area contributed by atoms with E-state index in [0.29, 0.717) is 5.82 Å². The first-order valence-corrected chi connectivity index (χ1v) is 4.91. The van der Waals surface area contributed by atoms with Gasteiger partial charge in [-0.1, -0.05) is 0 Å². The van der Waals surface area contributed by atoms with E-state index in [4.69, 9.17) is 5.73 Å². The second-order valence-electron chi connectivity index (χ2n) is 3.52. The normalized spacial score (nSPS) is 10.1. The number of hydrogen-bond acceptors (Lipinski definition) is 4. The van der Waals surface area contributed by atoms with Gasteiger partial charge in [0.2, 0.25) is 0 Å². The fraction of sp³-hybridized carbons (Fsp3) is 0.0833. The topological polar surface area (TPSA) is 62.4 Å². The van der Waals surface area contributed by atoms with Gasteiger partial charge in [0, 0.05) is 12.7 Å². The predicted octanol–water partition coefficient (Wildman–Crippen LogP) is 2.14. The van der Waals surface area contributed by atoms with E-state index in [0.717, 1.165) is 11.4 Å². The highest BCUT2D eigenvalue weighted by atomic mass is 16.3. The minimum Gasteiger partial charge on any atom is -0.508 e. The van der Waals surface area contributed by atoms with Gasteiger partial charge in [0.1, 0.15) is 11.6 Å². The monoisotopic (exact) mass is 215 g/mol. The minimum absolute atomic E-state index is 0.257. The van der Waals surface area contributed by atoms with Gasteiger partial charge in [0.25, 0.3) is 0 Å². The van der Waals surface area contributed by atoms with Crippen LogP contribution in [-0.2, 0) is 0 Å². The van der Waals surface area contributed by atoms with Gasteiger partial charge >= 0.3 is 0 Å². The van der Waals surface area contributed by atoms with Crippen molar-refractivity contribution in [2.75, 3.05) is 17.7 Å². The summed E-state index contributed by atoms with van der Waals surface area (Å²) in [4.78, 5) is 5.99. The second-order valence-corrected chi connectivity index (χ2v) is 3.52. The lowest BCUT2D eigenvalue weighted by molar-refractivity contribution is 0.475. The number of phenols is 1. The Hall–Kier alpha value is -2.23. The van der Waals surface area contributed by atoms with Crippen LogP contribution in [0.15, 0.2) is 42.6 Å². The van der Waals surface area contributed by atoms with Gasteiger partial charge < -0.3 is 15.7 Å². The number of pyridine rings is 1.